The number of nitrogens with one attached hydrogen (secondary N) is 1. The Kier molecular flexibility index (Phi) is 51.4. The summed E-state index contributed by atoms with van der Waals surface area (Å²) in [6, 6.07) is -0.640. The summed E-state index contributed by atoms with van der Waals surface area (Å²) in [6.45, 7) is 4.16. The standard InChI is InChI=1S/C59H103NO3/c1-3-5-7-9-11-13-15-17-18-19-20-21-22-23-24-25-26-27-28-29-30-31-32-33-34-35-36-37-38-39-40-41-42-43-45-47-49-51-53-55-59(63)60-57(56-61)58(62)54-52-50-48-46-44-16-14-12-10-8-6-4-2/h5,7,11,13,17-18,20-21,23-24,26-27,44,46,52,54,57-58,61-62H,3-4,6,8-10,12,14-16,19,22,25,28-43,45,47-51,53,55-56H2,1-2H3,(H,60,63)/b7-5-,13-11-,18-17-,21-20-,24-23-,27-26-,46-44+,54-52+. The predicted molar refractivity (Wildman–Crippen MR) is 280 cm³/mol. The van der Waals surface area contributed by atoms with Gasteiger partial charge in [0.05, 0.1) is 18.8 Å². The molecule has 0 aromatic heterocycles. The van der Waals surface area contributed by atoms with Gasteiger partial charge in [-0.05, 0) is 83.5 Å². The van der Waals surface area contributed by atoms with Crippen LogP contribution in [-0.2, 0) is 4.79 Å². The van der Waals surface area contributed by atoms with E-state index < -0.39 is 12.1 Å². The molecule has 0 radical (unpaired) electrons. The Hall–Kier alpha value is -2.69. The van der Waals surface area contributed by atoms with Gasteiger partial charge in [-0.15, -0.1) is 0 Å². The first-order valence-corrected chi connectivity index (χ1v) is 27.0. The zero-order chi connectivity index (χ0) is 45.6. The second-order valence-electron chi connectivity index (χ2n) is 17.9. The molecular weight excluding hydrogens is 771 g/mol. The van der Waals surface area contributed by atoms with Gasteiger partial charge in [0, 0.05) is 6.42 Å². The van der Waals surface area contributed by atoms with E-state index in [0.717, 1.165) is 70.6 Å². The summed E-state index contributed by atoms with van der Waals surface area (Å²) in [5, 5.41) is 23.0. The van der Waals surface area contributed by atoms with Crippen LogP contribution in [0.3, 0.4) is 0 Å². The van der Waals surface area contributed by atoms with E-state index in [-0.39, 0.29) is 12.5 Å². The number of rotatable bonds is 48. The average Bonchev–Trinajstić information content (AvgIpc) is 3.29. The molecule has 0 saturated heterocycles. The van der Waals surface area contributed by atoms with Crippen LogP contribution in [-0.4, -0.2) is 34.9 Å². The molecular formula is C59H103NO3. The number of carbonyl (C=O) groups excluding carboxylic acids is 1. The molecule has 3 N–H and O–H groups in total. The van der Waals surface area contributed by atoms with Crippen molar-refractivity contribution in [2.45, 2.75) is 264 Å². The van der Waals surface area contributed by atoms with E-state index in [2.05, 4.69) is 104 Å². The van der Waals surface area contributed by atoms with Gasteiger partial charge in [-0.2, -0.15) is 0 Å². The smallest absolute Gasteiger partial charge is 0.220 e. The topological polar surface area (TPSA) is 69.6 Å². The monoisotopic (exact) mass is 874 g/mol. The zero-order valence-electron chi connectivity index (χ0n) is 41.6. The fourth-order valence-corrected chi connectivity index (χ4v) is 7.73. The molecule has 0 saturated carbocycles. The van der Waals surface area contributed by atoms with E-state index in [1.165, 1.54) is 161 Å². The van der Waals surface area contributed by atoms with Crippen LogP contribution in [0.4, 0.5) is 0 Å². The van der Waals surface area contributed by atoms with Crippen LogP contribution < -0.4 is 5.32 Å². The van der Waals surface area contributed by atoms with Crippen LogP contribution >= 0.6 is 0 Å². The van der Waals surface area contributed by atoms with E-state index in [9.17, 15) is 15.0 Å². The number of hydrogen-bond acceptors (Lipinski definition) is 3. The molecule has 0 rings (SSSR count). The SMILES string of the molecule is CC/C=C\C/C=C\C/C=C\C/C=C\C/C=C\C/C=C\CCCCCCCCCCCCCCCCCCCCCCC(=O)NC(CO)C(O)/C=C/CC/C=C/CCCCCCCC. The largest absolute Gasteiger partial charge is 0.394 e. The minimum absolute atomic E-state index is 0.0752. The Morgan fingerprint density at radius 1 is 0.397 bits per heavy atom. The van der Waals surface area contributed by atoms with Gasteiger partial charge < -0.3 is 15.5 Å². The molecule has 0 bridgehead atoms. The van der Waals surface area contributed by atoms with E-state index in [4.69, 9.17) is 0 Å². The molecule has 63 heavy (non-hydrogen) atoms. The summed E-state index contributed by atoms with van der Waals surface area (Å²) >= 11 is 0. The maximum Gasteiger partial charge on any atom is 0.220 e. The second kappa shape index (κ2) is 53.6. The summed E-state index contributed by atoms with van der Waals surface area (Å²) in [7, 11) is 0. The van der Waals surface area contributed by atoms with Gasteiger partial charge in [0.25, 0.3) is 0 Å². The third kappa shape index (κ3) is 50.2. The molecule has 0 aromatic rings. The molecule has 0 aromatic carbocycles. The molecule has 2 unspecified atom stereocenters. The maximum absolute atomic E-state index is 12.4. The highest BCUT2D eigenvalue weighted by atomic mass is 16.3. The first-order valence-electron chi connectivity index (χ1n) is 27.0. The minimum atomic E-state index is -0.863. The van der Waals surface area contributed by atoms with Gasteiger partial charge >= 0.3 is 0 Å². The molecule has 362 valence electrons. The number of allylic oxidation sites excluding steroid dienone is 15. The van der Waals surface area contributed by atoms with Crippen LogP contribution in [0.1, 0.15) is 251 Å². The van der Waals surface area contributed by atoms with E-state index in [1.807, 2.05) is 6.08 Å². The van der Waals surface area contributed by atoms with Gasteiger partial charge in [0.2, 0.25) is 5.91 Å². The summed E-state index contributed by atoms with van der Waals surface area (Å²) in [5.74, 6) is -0.0752. The molecule has 0 aliphatic rings. The van der Waals surface area contributed by atoms with Gasteiger partial charge in [-0.1, -0.05) is 259 Å². The van der Waals surface area contributed by atoms with Crippen LogP contribution in [0, 0.1) is 0 Å². The average molecular weight is 874 g/mol. The molecule has 0 spiro atoms. The number of aliphatic hydroxyl groups excluding tert-OH is 2. The Morgan fingerprint density at radius 3 is 1.11 bits per heavy atom. The number of carbonyl (C=O) groups is 1. The van der Waals surface area contributed by atoms with Crippen molar-refractivity contribution in [3.8, 4) is 0 Å². The van der Waals surface area contributed by atoms with Crippen LogP contribution in [0.25, 0.3) is 0 Å². The van der Waals surface area contributed by atoms with E-state index >= 15 is 0 Å². The summed E-state index contributed by atoms with van der Waals surface area (Å²) in [6.07, 6.45) is 80.0. The molecule has 4 heteroatoms. The summed E-state index contributed by atoms with van der Waals surface area (Å²) in [5.41, 5.74) is 0. The normalized spacial score (nSPS) is 13.7. The first kappa shape index (κ1) is 60.3. The molecule has 0 heterocycles. The predicted octanol–water partition coefficient (Wildman–Crippen LogP) is 17.7. The third-order valence-corrected chi connectivity index (χ3v) is 11.8. The van der Waals surface area contributed by atoms with Crippen molar-refractivity contribution in [2.75, 3.05) is 6.61 Å². The maximum atomic E-state index is 12.4. The lowest BCUT2D eigenvalue weighted by Crippen LogP contribution is -2.45. The molecule has 0 aliphatic heterocycles. The Morgan fingerprint density at radius 2 is 0.714 bits per heavy atom. The quantitative estimate of drug-likeness (QED) is 0.0421. The Balaban J connectivity index is 3.47. The van der Waals surface area contributed by atoms with Crippen molar-refractivity contribution in [3.63, 3.8) is 0 Å². The fourth-order valence-electron chi connectivity index (χ4n) is 7.73. The lowest BCUT2D eigenvalue weighted by molar-refractivity contribution is -0.123. The van der Waals surface area contributed by atoms with Crippen molar-refractivity contribution in [1.82, 2.24) is 5.32 Å². The van der Waals surface area contributed by atoms with Gasteiger partial charge in [0.15, 0.2) is 0 Å². The molecule has 0 aliphatic carbocycles. The minimum Gasteiger partial charge on any atom is -0.394 e. The first-order chi connectivity index (χ1) is 31.2. The molecule has 4 nitrogen and oxygen atoms in total. The van der Waals surface area contributed by atoms with E-state index in [1.54, 1.807) is 6.08 Å². The molecule has 2 atom stereocenters. The highest BCUT2D eigenvalue weighted by Gasteiger charge is 2.17. The molecule has 1 amide bonds. The highest BCUT2D eigenvalue weighted by molar-refractivity contribution is 5.76. The van der Waals surface area contributed by atoms with Crippen LogP contribution in [0.15, 0.2) is 97.2 Å². The van der Waals surface area contributed by atoms with Crippen molar-refractivity contribution in [1.29, 1.82) is 0 Å². The van der Waals surface area contributed by atoms with E-state index in [0.29, 0.717) is 6.42 Å². The third-order valence-electron chi connectivity index (χ3n) is 11.8. The summed E-state index contributed by atoms with van der Waals surface area (Å²) < 4.78 is 0. The van der Waals surface area contributed by atoms with Crippen molar-refractivity contribution in [2.24, 2.45) is 0 Å². The fraction of sp³-hybridized carbons (Fsp3) is 0.712. The lowest BCUT2D eigenvalue weighted by atomic mass is 10.0. The Bertz CT molecular complexity index is 1170. The lowest BCUT2D eigenvalue weighted by Gasteiger charge is -2.19. The zero-order valence-corrected chi connectivity index (χ0v) is 41.6. The van der Waals surface area contributed by atoms with Gasteiger partial charge in [0.1, 0.15) is 0 Å². The number of hydrogen-bond donors (Lipinski definition) is 3. The van der Waals surface area contributed by atoms with Crippen molar-refractivity contribution >= 4 is 5.91 Å². The van der Waals surface area contributed by atoms with Crippen LogP contribution in [0.5, 0.6) is 0 Å². The number of unbranched alkanes of at least 4 members (excludes halogenated alkanes) is 27. The Labute approximate surface area is 392 Å². The highest BCUT2D eigenvalue weighted by Crippen LogP contribution is 2.16. The number of aliphatic hydroxyl groups is 2. The van der Waals surface area contributed by atoms with Gasteiger partial charge in [-0.3, -0.25) is 4.79 Å². The molecule has 0 fully saturated rings. The van der Waals surface area contributed by atoms with Crippen LogP contribution in [0.2, 0.25) is 0 Å². The van der Waals surface area contributed by atoms with Crippen molar-refractivity contribution < 1.29 is 15.0 Å². The van der Waals surface area contributed by atoms with Gasteiger partial charge in [-0.25, -0.2) is 0 Å². The summed E-state index contributed by atoms with van der Waals surface area (Å²) in [4.78, 5) is 12.4. The van der Waals surface area contributed by atoms with Crippen molar-refractivity contribution in [3.05, 3.63) is 97.2 Å². The number of amides is 1. The second-order valence-corrected chi connectivity index (χ2v) is 17.9.